The number of hydrogen-bond donors (Lipinski definition) is 1. The summed E-state index contributed by atoms with van der Waals surface area (Å²) in [6.45, 7) is 2.24. The fourth-order valence-corrected chi connectivity index (χ4v) is 2.75. The average Bonchev–Trinajstić information content (AvgIpc) is 3.09. The molecule has 0 fully saturated rings. The highest BCUT2D eigenvalue weighted by Crippen LogP contribution is 2.25. The van der Waals surface area contributed by atoms with Crippen LogP contribution in [0, 0.1) is 6.92 Å². The van der Waals surface area contributed by atoms with Crippen LogP contribution in [0.4, 0.5) is 0 Å². The Labute approximate surface area is 161 Å². The van der Waals surface area contributed by atoms with E-state index in [4.69, 9.17) is 4.74 Å². The molecule has 8 heteroatoms. The van der Waals surface area contributed by atoms with Crippen molar-refractivity contribution in [1.29, 1.82) is 0 Å². The minimum Gasteiger partial charge on any atom is -0.438 e. The molecule has 1 amide bonds. The topological polar surface area (TPSA) is 94.8 Å². The van der Waals surface area contributed by atoms with E-state index in [2.05, 4.69) is 25.6 Å². The molecule has 8 nitrogen and oxygen atoms in total. The van der Waals surface area contributed by atoms with E-state index in [1.807, 2.05) is 37.3 Å². The van der Waals surface area contributed by atoms with Crippen LogP contribution in [0.25, 0.3) is 11.2 Å². The molecule has 0 aliphatic heterocycles. The summed E-state index contributed by atoms with van der Waals surface area (Å²) in [5.41, 5.74) is 3.38. The van der Waals surface area contributed by atoms with E-state index in [0.29, 0.717) is 22.6 Å². The van der Waals surface area contributed by atoms with Crippen molar-refractivity contribution >= 4 is 17.1 Å². The van der Waals surface area contributed by atoms with Crippen LogP contribution < -0.4 is 10.1 Å². The lowest BCUT2D eigenvalue weighted by atomic mass is 10.2. The van der Waals surface area contributed by atoms with Crippen molar-refractivity contribution in [1.82, 2.24) is 30.3 Å². The molecule has 1 aromatic carbocycles. The molecule has 4 aromatic rings. The van der Waals surface area contributed by atoms with E-state index in [-0.39, 0.29) is 12.5 Å². The number of pyridine rings is 2. The lowest BCUT2D eigenvalue weighted by Crippen LogP contribution is -2.23. The number of rotatable bonds is 5. The SMILES string of the molecule is Cc1ccccc1Oc1ncccc1CNC(=O)c1cnc2c(c1)nnn2C. The zero-order chi connectivity index (χ0) is 19.5. The zero-order valence-corrected chi connectivity index (χ0v) is 15.5. The Morgan fingerprint density at radius 3 is 2.89 bits per heavy atom. The second-order valence-corrected chi connectivity index (χ2v) is 6.30. The van der Waals surface area contributed by atoms with Gasteiger partial charge in [0.2, 0.25) is 5.88 Å². The van der Waals surface area contributed by atoms with Gasteiger partial charge in [-0.1, -0.05) is 29.5 Å². The molecule has 0 aliphatic rings. The first-order valence-electron chi connectivity index (χ1n) is 8.73. The monoisotopic (exact) mass is 374 g/mol. The molecule has 0 spiro atoms. The van der Waals surface area contributed by atoms with Crippen molar-refractivity contribution in [2.45, 2.75) is 13.5 Å². The number of nitrogens with one attached hydrogen (secondary N) is 1. The molecule has 28 heavy (non-hydrogen) atoms. The number of benzene rings is 1. The molecule has 4 rings (SSSR count). The van der Waals surface area contributed by atoms with E-state index < -0.39 is 0 Å². The fraction of sp³-hybridized carbons (Fsp3) is 0.150. The Balaban J connectivity index is 1.50. The molecule has 140 valence electrons. The minimum absolute atomic E-state index is 0.259. The molecule has 0 radical (unpaired) electrons. The molecule has 3 heterocycles. The Morgan fingerprint density at radius 1 is 1.18 bits per heavy atom. The van der Waals surface area contributed by atoms with Crippen LogP contribution in [0.15, 0.2) is 54.9 Å². The average molecular weight is 374 g/mol. The third kappa shape index (κ3) is 3.52. The van der Waals surface area contributed by atoms with Gasteiger partial charge in [-0.25, -0.2) is 14.6 Å². The first-order valence-corrected chi connectivity index (χ1v) is 8.73. The van der Waals surface area contributed by atoms with Crippen LogP contribution in [-0.4, -0.2) is 30.9 Å². The fourth-order valence-electron chi connectivity index (χ4n) is 2.75. The number of aryl methyl sites for hydroxylation is 2. The summed E-state index contributed by atoms with van der Waals surface area (Å²) in [5.74, 6) is 0.927. The van der Waals surface area contributed by atoms with Crippen molar-refractivity contribution in [2.24, 2.45) is 7.05 Å². The van der Waals surface area contributed by atoms with Crippen LogP contribution in [0.1, 0.15) is 21.5 Å². The minimum atomic E-state index is -0.259. The molecule has 0 bridgehead atoms. The van der Waals surface area contributed by atoms with Crippen LogP contribution in [0.2, 0.25) is 0 Å². The molecule has 3 aromatic heterocycles. The third-order valence-corrected chi connectivity index (χ3v) is 4.29. The molecule has 0 saturated heterocycles. The number of ether oxygens (including phenoxy) is 1. The predicted octanol–water partition coefficient (Wildman–Crippen LogP) is 2.79. The highest BCUT2D eigenvalue weighted by Gasteiger charge is 2.12. The Hall–Kier alpha value is -3.81. The number of amides is 1. The highest BCUT2D eigenvalue weighted by atomic mass is 16.5. The summed E-state index contributed by atoms with van der Waals surface area (Å²) in [5, 5.41) is 10.8. The summed E-state index contributed by atoms with van der Waals surface area (Å²) in [6, 6.07) is 13.0. The van der Waals surface area contributed by atoms with Crippen LogP contribution in [0.3, 0.4) is 0 Å². The van der Waals surface area contributed by atoms with Crippen molar-refractivity contribution in [3.8, 4) is 11.6 Å². The number of fused-ring (bicyclic) bond motifs is 1. The first kappa shape index (κ1) is 17.6. The quantitative estimate of drug-likeness (QED) is 0.577. The Bertz CT molecular complexity index is 1150. The summed E-state index contributed by atoms with van der Waals surface area (Å²) in [4.78, 5) is 21.1. The number of nitrogens with zero attached hydrogens (tertiary/aromatic N) is 5. The highest BCUT2D eigenvalue weighted by molar-refractivity contribution is 5.96. The largest absolute Gasteiger partial charge is 0.438 e. The lowest BCUT2D eigenvalue weighted by Gasteiger charge is -2.12. The van der Waals surface area contributed by atoms with Gasteiger partial charge in [0.05, 0.1) is 5.56 Å². The van der Waals surface area contributed by atoms with E-state index in [0.717, 1.165) is 16.9 Å². The molecule has 1 N–H and O–H groups in total. The molecule has 0 saturated carbocycles. The number of aromatic nitrogens is 5. The summed E-state index contributed by atoms with van der Waals surface area (Å²) in [6.07, 6.45) is 3.17. The third-order valence-electron chi connectivity index (χ3n) is 4.29. The standard InChI is InChI=1S/C20H18N6O2/c1-13-6-3-4-8-17(13)28-20-14(7-5-9-21-20)11-23-19(27)15-10-16-18(22-12-15)26(2)25-24-16/h3-10,12H,11H2,1-2H3,(H,23,27). The van der Waals surface area contributed by atoms with E-state index in [1.54, 1.807) is 30.1 Å². The van der Waals surface area contributed by atoms with Crippen LogP contribution in [-0.2, 0) is 13.6 Å². The van der Waals surface area contributed by atoms with Gasteiger partial charge in [0, 0.05) is 31.5 Å². The maximum Gasteiger partial charge on any atom is 0.253 e. The van der Waals surface area contributed by atoms with E-state index in [9.17, 15) is 4.79 Å². The second-order valence-electron chi connectivity index (χ2n) is 6.30. The van der Waals surface area contributed by atoms with E-state index in [1.165, 1.54) is 6.20 Å². The molecule has 0 unspecified atom stereocenters. The number of carbonyl (C=O) groups excluding carboxylic acids is 1. The lowest BCUT2D eigenvalue weighted by molar-refractivity contribution is 0.0950. The maximum absolute atomic E-state index is 12.5. The molecular weight excluding hydrogens is 356 g/mol. The van der Waals surface area contributed by atoms with Gasteiger partial charge in [0.25, 0.3) is 5.91 Å². The van der Waals surface area contributed by atoms with Crippen molar-refractivity contribution in [3.05, 3.63) is 71.5 Å². The van der Waals surface area contributed by atoms with Crippen molar-refractivity contribution in [2.75, 3.05) is 0 Å². The Kier molecular flexibility index (Phi) is 4.67. The Morgan fingerprint density at radius 2 is 2.04 bits per heavy atom. The van der Waals surface area contributed by atoms with E-state index >= 15 is 0 Å². The van der Waals surface area contributed by atoms with Gasteiger partial charge in [-0.2, -0.15) is 0 Å². The maximum atomic E-state index is 12.5. The normalized spacial score (nSPS) is 10.8. The molecular formula is C20H18N6O2. The summed E-state index contributed by atoms with van der Waals surface area (Å²) in [7, 11) is 1.75. The van der Waals surface area contributed by atoms with Crippen LogP contribution >= 0.6 is 0 Å². The number of hydrogen-bond acceptors (Lipinski definition) is 6. The van der Waals surface area contributed by atoms with Crippen molar-refractivity contribution in [3.63, 3.8) is 0 Å². The summed E-state index contributed by atoms with van der Waals surface area (Å²) >= 11 is 0. The van der Waals surface area contributed by atoms with Gasteiger partial charge in [-0.3, -0.25) is 4.79 Å². The van der Waals surface area contributed by atoms with Gasteiger partial charge in [-0.15, -0.1) is 5.10 Å². The van der Waals surface area contributed by atoms with Gasteiger partial charge in [0.15, 0.2) is 5.65 Å². The predicted molar refractivity (Wildman–Crippen MR) is 103 cm³/mol. The van der Waals surface area contributed by atoms with Crippen LogP contribution in [0.5, 0.6) is 11.6 Å². The second kappa shape index (κ2) is 7.43. The van der Waals surface area contributed by atoms with Gasteiger partial charge >= 0.3 is 0 Å². The molecule has 0 aliphatic carbocycles. The summed E-state index contributed by atoms with van der Waals surface area (Å²) < 4.78 is 7.50. The zero-order valence-electron chi connectivity index (χ0n) is 15.5. The first-order chi connectivity index (χ1) is 13.6. The van der Waals surface area contributed by atoms with Gasteiger partial charge in [0.1, 0.15) is 11.3 Å². The smallest absolute Gasteiger partial charge is 0.253 e. The molecule has 0 atom stereocenters. The van der Waals surface area contributed by atoms with Gasteiger partial charge in [-0.05, 0) is 30.7 Å². The van der Waals surface area contributed by atoms with Gasteiger partial charge < -0.3 is 10.1 Å². The number of carbonyl (C=O) groups is 1. The van der Waals surface area contributed by atoms with Crippen molar-refractivity contribution < 1.29 is 9.53 Å². The number of para-hydroxylation sites is 1.